The molecular weight excluding hydrogens is 312 g/mol. The molecule has 0 bridgehead atoms. The zero-order chi connectivity index (χ0) is 0. The smallest absolute Gasteiger partial charge is 0 e. The zero-order valence-electron chi connectivity index (χ0n) is 5.18. The molecule has 0 N–H and O–H groups in total. The fraction of sp³-hybridized carbons (Fsp3) is 0. The molecule has 0 aliphatic heterocycles. The van der Waals surface area contributed by atoms with E-state index in [1.54, 1.807) is 0 Å². The van der Waals surface area contributed by atoms with Gasteiger partial charge in [0, 0.05) is 176 Å². The molecule has 8 heavy (non-hydrogen) atoms. The predicted octanol–water partition coefficient (Wildman–Crippen LogP) is -1.05. The van der Waals surface area contributed by atoms with E-state index < -0.39 is 0 Å². The second-order valence-electron chi connectivity index (χ2n) is 0. The van der Waals surface area contributed by atoms with Gasteiger partial charge in [-0.2, -0.15) is 9.90 Å². The molecule has 0 rings (SSSR count). The summed E-state index contributed by atoms with van der Waals surface area (Å²) in [5.41, 5.74) is 0. The second kappa shape index (κ2) is 50.2. The Bertz CT molecular complexity index is 24.0. The van der Waals surface area contributed by atoms with Crippen LogP contribution in [-0.4, -0.2) is 142 Å². The molecule has 1 unspecified atom stereocenters. The first-order valence-electron chi connectivity index (χ1n) is 0. The van der Waals surface area contributed by atoms with Gasteiger partial charge in [-0.15, -0.1) is 12.4 Å². The van der Waals surface area contributed by atoms with E-state index >= 15 is 0 Å². The number of hydrogen-bond acceptors (Lipinski definition) is 0. The van der Waals surface area contributed by atoms with E-state index in [4.69, 9.17) is 0 Å². The van der Waals surface area contributed by atoms with E-state index in [1.807, 2.05) is 0 Å². The fourth-order valence-corrected chi connectivity index (χ4v) is 0. The first kappa shape index (κ1) is 63.0. The van der Waals surface area contributed by atoms with Gasteiger partial charge in [0.05, 0.1) is 0 Å². The Labute approximate surface area is 192 Å². The van der Waals surface area contributed by atoms with Crippen LogP contribution in [0.15, 0.2) is 0 Å². The van der Waals surface area contributed by atoms with Crippen LogP contribution in [0.5, 0.6) is 0 Å². The SMILES string of the molecule is Cl.P.[Ca].[Cu].[Fe].[K].[Mg].[Na]. The molecule has 0 fully saturated rings. The Balaban J connectivity index is 0. The first-order valence-corrected chi connectivity index (χ1v) is 0. The molecule has 0 heterocycles. The largest absolute Gasteiger partial charge is 0.153 e. The van der Waals surface area contributed by atoms with Crippen molar-refractivity contribution in [2.24, 2.45) is 0 Å². The van der Waals surface area contributed by atoms with Crippen LogP contribution < -0.4 is 0 Å². The average Bonchev–Trinajstić information content (AvgIpc) is 0. The minimum atomic E-state index is 0. The van der Waals surface area contributed by atoms with E-state index in [-0.39, 0.29) is 198 Å². The Morgan fingerprint density at radius 3 is 1.00 bits per heavy atom. The average molecular weight is 316 g/mol. The molecule has 0 saturated heterocycles. The molecule has 0 aromatic heterocycles. The minimum absolute atomic E-state index is 0. The summed E-state index contributed by atoms with van der Waals surface area (Å²) in [5, 5.41) is 0. The van der Waals surface area contributed by atoms with Gasteiger partial charge in [-0.05, 0) is 0 Å². The molecule has 0 nitrogen and oxygen atoms in total. The monoisotopic (exact) mass is 315 g/mol. The van der Waals surface area contributed by atoms with Crippen LogP contribution in [-0.2, 0) is 34.1 Å². The molecule has 0 aliphatic rings. The predicted molar refractivity (Wildman–Crippen MR) is 41.4 cm³/mol. The fourth-order valence-electron chi connectivity index (χ4n) is 0. The van der Waals surface area contributed by atoms with Gasteiger partial charge in [0.15, 0.2) is 0 Å². The molecule has 0 spiro atoms. The number of hydrogen-bond donors (Lipinski definition) is 0. The van der Waals surface area contributed by atoms with Crippen LogP contribution in [0.3, 0.4) is 0 Å². The van der Waals surface area contributed by atoms with Crippen LogP contribution in [0.2, 0.25) is 0 Å². The van der Waals surface area contributed by atoms with Gasteiger partial charge in [-0.3, -0.25) is 0 Å². The molecule has 0 amide bonds. The Hall–Kier alpha value is 6.42. The molecule has 0 aromatic rings. The van der Waals surface area contributed by atoms with Crippen molar-refractivity contribution in [3.05, 3.63) is 0 Å². The molecule has 0 aliphatic carbocycles. The molecular formula is H4CaClCuFeKMgNaP. The van der Waals surface area contributed by atoms with E-state index in [1.165, 1.54) is 0 Å². The van der Waals surface area contributed by atoms with Crippen molar-refractivity contribution < 1.29 is 34.1 Å². The van der Waals surface area contributed by atoms with E-state index in [0.29, 0.717) is 0 Å². The van der Waals surface area contributed by atoms with Crippen molar-refractivity contribution in [3.63, 3.8) is 0 Å². The summed E-state index contributed by atoms with van der Waals surface area (Å²) >= 11 is 0. The van der Waals surface area contributed by atoms with Crippen molar-refractivity contribution in [1.29, 1.82) is 0 Å². The Morgan fingerprint density at radius 2 is 1.00 bits per heavy atom. The molecule has 0 saturated carbocycles. The summed E-state index contributed by atoms with van der Waals surface area (Å²) < 4.78 is 0. The first-order chi connectivity index (χ1) is 0. The molecule has 7 radical (unpaired) electrons. The van der Waals surface area contributed by atoms with E-state index in [9.17, 15) is 0 Å². The Kier molecular flexibility index (Phi) is 395. The van der Waals surface area contributed by atoms with Gasteiger partial charge in [-0.1, -0.05) is 0 Å². The summed E-state index contributed by atoms with van der Waals surface area (Å²) in [6.45, 7) is 0. The van der Waals surface area contributed by atoms with Crippen LogP contribution >= 0.6 is 22.3 Å². The van der Waals surface area contributed by atoms with Crippen LogP contribution in [0.4, 0.5) is 0 Å². The van der Waals surface area contributed by atoms with Gasteiger partial charge < -0.3 is 0 Å². The number of halogens is 1. The standard InChI is InChI=1S/Ca.ClH.Cu.Fe.K.Mg.Na.H3P/h;1H;;;;;;1H3. The van der Waals surface area contributed by atoms with Crippen molar-refractivity contribution >= 4 is 164 Å². The summed E-state index contributed by atoms with van der Waals surface area (Å²) in [7, 11) is 0. The molecule has 41 valence electrons. The van der Waals surface area contributed by atoms with Crippen molar-refractivity contribution in [1.82, 2.24) is 0 Å². The van der Waals surface area contributed by atoms with Crippen molar-refractivity contribution in [3.8, 4) is 0 Å². The maximum Gasteiger partial charge on any atom is 0 e. The third kappa shape index (κ3) is 39.3. The number of rotatable bonds is 0. The summed E-state index contributed by atoms with van der Waals surface area (Å²) in [6.07, 6.45) is 0. The maximum absolute atomic E-state index is 0. The van der Waals surface area contributed by atoms with Gasteiger partial charge in [0.1, 0.15) is 0 Å². The van der Waals surface area contributed by atoms with E-state index in [0.717, 1.165) is 0 Å². The van der Waals surface area contributed by atoms with Gasteiger partial charge in [0.25, 0.3) is 0 Å². The molecule has 1 atom stereocenters. The van der Waals surface area contributed by atoms with Crippen LogP contribution in [0.25, 0.3) is 0 Å². The minimum Gasteiger partial charge on any atom is -0.153 e. The summed E-state index contributed by atoms with van der Waals surface area (Å²) in [4.78, 5) is 0. The third-order valence-electron chi connectivity index (χ3n) is 0. The normalized spacial score (nSPS) is 0. The third-order valence-corrected chi connectivity index (χ3v) is 0. The van der Waals surface area contributed by atoms with Gasteiger partial charge >= 0.3 is 0 Å². The summed E-state index contributed by atoms with van der Waals surface area (Å²) in [5.74, 6) is 0. The van der Waals surface area contributed by atoms with Crippen molar-refractivity contribution in [2.75, 3.05) is 0 Å². The molecule has 8 heteroatoms. The maximum atomic E-state index is 0. The van der Waals surface area contributed by atoms with Crippen LogP contribution in [0, 0.1) is 0 Å². The Morgan fingerprint density at radius 1 is 1.00 bits per heavy atom. The topological polar surface area (TPSA) is 0 Å². The van der Waals surface area contributed by atoms with Crippen LogP contribution in [0.1, 0.15) is 0 Å². The molecule has 0 aromatic carbocycles. The second-order valence-corrected chi connectivity index (χ2v) is 0. The summed E-state index contributed by atoms with van der Waals surface area (Å²) in [6, 6.07) is 0. The quantitative estimate of drug-likeness (QED) is 0.395. The zero-order valence-corrected chi connectivity index (χ0v) is 18.2. The van der Waals surface area contributed by atoms with Gasteiger partial charge in [-0.25, -0.2) is 0 Å². The van der Waals surface area contributed by atoms with Crippen molar-refractivity contribution in [2.45, 2.75) is 0 Å². The van der Waals surface area contributed by atoms with E-state index in [2.05, 4.69) is 0 Å². The van der Waals surface area contributed by atoms with Gasteiger partial charge in [0.2, 0.25) is 0 Å².